The molecule has 3 heteroatoms. The van der Waals surface area contributed by atoms with E-state index in [-0.39, 0.29) is 6.10 Å². The Balaban J connectivity index is 1.35. The van der Waals surface area contributed by atoms with Gasteiger partial charge in [-0.15, -0.1) is 0 Å². The number of aliphatic hydroxyl groups excluding tert-OH is 1. The summed E-state index contributed by atoms with van der Waals surface area (Å²) in [5, 5.41) is 10.2. The summed E-state index contributed by atoms with van der Waals surface area (Å²) in [6.45, 7) is 5.12. The maximum absolute atomic E-state index is 10.2. The molecule has 0 bridgehead atoms. The van der Waals surface area contributed by atoms with E-state index >= 15 is 0 Å². The molecule has 0 radical (unpaired) electrons. The zero-order chi connectivity index (χ0) is 19.8. The van der Waals surface area contributed by atoms with E-state index in [0.717, 1.165) is 36.1 Å². The van der Waals surface area contributed by atoms with Crippen molar-refractivity contribution in [3.63, 3.8) is 0 Å². The lowest BCUT2D eigenvalue weighted by molar-refractivity contribution is -0.0471. The molecule has 1 aromatic carbocycles. The third-order valence-corrected chi connectivity index (χ3v) is 9.84. The molecule has 0 amide bonds. The lowest BCUT2D eigenvalue weighted by Gasteiger charge is -2.58. The van der Waals surface area contributed by atoms with Gasteiger partial charge >= 0.3 is 0 Å². The average molecular weight is 391 g/mol. The molecule has 3 fully saturated rings. The van der Waals surface area contributed by atoms with Crippen LogP contribution in [0.5, 0.6) is 0 Å². The smallest absolute Gasteiger partial charge is 0.0961 e. The number of benzene rings is 1. The molecule has 2 aromatic rings. The van der Waals surface area contributed by atoms with Gasteiger partial charge in [0.05, 0.1) is 23.5 Å². The Morgan fingerprint density at radius 2 is 1.90 bits per heavy atom. The van der Waals surface area contributed by atoms with Crippen LogP contribution in [0.15, 0.2) is 42.2 Å². The zero-order valence-electron chi connectivity index (χ0n) is 17.8. The van der Waals surface area contributed by atoms with Gasteiger partial charge in [-0.1, -0.05) is 37.6 Å². The van der Waals surface area contributed by atoms with Crippen molar-refractivity contribution in [1.29, 1.82) is 0 Å². The van der Waals surface area contributed by atoms with Crippen LogP contribution >= 0.6 is 0 Å². The molecule has 0 saturated heterocycles. The number of nitrogens with zero attached hydrogens (tertiary/aromatic N) is 2. The van der Waals surface area contributed by atoms with E-state index in [9.17, 15) is 5.11 Å². The van der Waals surface area contributed by atoms with E-state index < -0.39 is 0 Å². The number of para-hydroxylation sites is 2. The van der Waals surface area contributed by atoms with Gasteiger partial charge < -0.3 is 9.67 Å². The molecule has 4 unspecified atom stereocenters. The fraction of sp³-hybridized carbons (Fsp3) is 0.654. The summed E-state index contributed by atoms with van der Waals surface area (Å²) < 4.78 is 2.51. The van der Waals surface area contributed by atoms with E-state index in [4.69, 9.17) is 4.98 Å². The minimum atomic E-state index is -0.106. The molecule has 1 N–H and O–H groups in total. The van der Waals surface area contributed by atoms with Crippen LogP contribution in [0, 0.1) is 28.6 Å². The van der Waals surface area contributed by atoms with Crippen molar-refractivity contribution in [2.24, 2.45) is 28.6 Å². The van der Waals surface area contributed by atoms with Crippen LogP contribution in [0.3, 0.4) is 0 Å². The Labute approximate surface area is 174 Å². The van der Waals surface area contributed by atoms with Gasteiger partial charge in [0.2, 0.25) is 0 Å². The number of hydrogen-bond donors (Lipinski definition) is 1. The first kappa shape index (κ1) is 18.2. The predicted molar refractivity (Wildman–Crippen MR) is 116 cm³/mol. The first-order valence-corrected chi connectivity index (χ1v) is 11.8. The van der Waals surface area contributed by atoms with Gasteiger partial charge in [-0.2, -0.15) is 0 Å². The summed E-state index contributed by atoms with van der Waals surface area (Å²) in [6.07, 6.45) is 14.2. The molecule has 4 aliphatic carbocycles. The quantitative estimate of drug-likeness (QED) is 0.616. The lowest BCUT2D eigenvalue weighted by Crippen LogP contribution is -2.50. The minimum absolute atomic E-state index is 0.106. The SMILES string of the molecule is C[C@]12CCC3C(CC=C4C[C@@H](O)CC[C@@]43C)C1CCC2n1cnc2ccccc21. The number of allylic oxidation sites excluding steroid dienone is 1. The monoisotopic (exact) mass is 390 g/mol. The van der Waals surface area contributed by atoms with Crippen molar-refractivity contribution in [3.8, 4) is 0 Å². The van der Waals surface area contributed by atoms with Gasteiger partial charge in [-0.25, -0.2) is 4.98 Å². The van der Waals surface area contributed by atoms with Crippen LogP contribution < -0.4 is 0 Å². The fourth-order valence-electron chi connectivity index (χ4n) is 8.30. The molecule has 3 saturated carbocycles. The Hall–Kier alpha value is -1.61. The Bertz CT molecular complexity index is 976. The van der Waals surface area contributed by atoms with E-state index in [1.807, 2.05) is 0 Å². The van der Waals surface area contributed by atoms with Crippen LogP contribution in [0.2, 0.25) is 0 Å². The second-order valence-electron chi connectivity index (χ2n) is 10.9. The number of hydrogen-bond acceptors (Lipinski definition) is 2. The van der Waals surface area contributed by atoms with E-state index in [0.29, 0.717) is 16.9 Å². The predicted octanol–water partition coefficient (Wildman–Crippen LogP) is 5.90. The van der Waals surface area contributed by atoms with Crippen molar-refractivity contribution < 1.29 is 5.11 Å². The van der Waals surface area contributed by atoms with Crippen molar-refractivity contribution in [3.05, 3.63) is 42.2 Å². The van der Waals surface area contributed by atoms with Crippen LogP contribution in [-0.4, -0.2) is 20.8 Å². The van der Waals surface area contributed by atoms with Crippen molar-refractivity contribution in [1.82, 2.24) is 9.55 Å². The Kier molecular flexibility index (Phi) is 3.89. The maximum atomic E-state index is 10.2. The largest absolute Gasteiger partial charge is 0.393 e. The molecular weight excluding hydrogens is 356 g/mol. The highest BCUT2D eigenvalue weighted by molar-refractivity contribution is 5.75. The first-order valence-electron chi connectivity index (χ1n) is 11.8. The van der Waals surface area contributed by atoms with Crippen LogP contribution in [0.4, 0.5) is 0 Å². The highest BCUT2D eigenvalue weighted by atomic mass is 16.3. The highest BCUT2D eigenvalue weighted by Gasteiger charge is 2.59. The number of imidazole rings is 1. The number of aliphatic hydroxyl groups is 1. The van der Waals surface area contributed by atoms with E-state index in [2.05, 4.69) is 55.1 Å². The third kappa shape index (κ3) is 2.43. The van der Waals surface area contributed by atoms with Crippen LogP contribution in [0.25, 0.3) is 11.0 Å². The van der Waals surface area contributed by atoms with Gasteiger partial charge in [-0.3, -0.25) is 0 Å². The summed E-state index contributed by atoms with van der Waals surface area (Å²) in [6, 6.07) is 9.21. The maximum Gasteiger partial charge on any atom is 0.0961 e. The fourth-order valence-corrected chi connectivity index (χ4v) is 8.30. The van der Waals surface area contributed by atoms with Crippen molar-refractivity contribution in [2.45, 2.75) is 77.4 Å². The number of fused-ring (bicyclic) bond motifs is 6. The molecule has 154 valence electrons. The van der Waals surface area contributed by atoms with Crippen molar-refractivity contribution >= 4 is 11.0 Å². The van der Waals surface area contributed by atoms with Gasteiger partial charge in [0.1, 0.15) is 0 Å². The molecular formula is C26H34N2O. The van der Waals surface area contributed by atoms with Crippen molar-refractivity contribution in [2.75, 3.05) is 0 Å². The highest BCUT2D eigenvalue weighted by Crippen LogP contribution is 2.67. The number of rotatable bonds is 1. The van der Waals surface area contributed by atoms with Crippen LogP contribution in [0.1, 0.15) is 71.3 Å². The molecule has 1 heterocycles. The molecule has 0 spiro atoms. The average Bonchev–Trinajstić information content (AvgIpc) is 3.29. The molecule has 7 atom stereocenters. The molecule has 6 rings (SSSR count). The van der Waals surface area contributed by atoms with E-state index in [1.54, 1.807) is 5.57 Å². The lowest BCUT2D eigenvalue weighted by atomic mass is 9.48. The Morgan fingerprint density at radius 1 is 1.03 bits per heavy atom. The standard InChI is InChI=1S/C26H34N2O/c1-25-13-11-18(29)15-17(25)7-8-19-20-9-10-24(26(20,2)14-12-21(19)25)28-16-27-22-5-3-4-6-23(22)28/h3-7,16,18-21,24,29H,8-15H2,1-2H3/t18-,19?,20?,21?,24?,25-,26-/m0/s1. The van der Waals surface area contributed by atoms with Gasteiger partial charge in [0.25, 0.3) is 0 Å². The summed E-state index contributed by atoms with van der Waals surface area (Å²) in [5.74, 6) is 2.44. The normalized spacial score (nSPS) is 44.1. The van der Waals surface area contributed by atoms with Gasteiger partial charge in [0.15, 0.2) is 0 Å². The molecule has 1 aromatic heterocycles. The summed E-state index contributed by atoms with van der Waals surface area (Å²) in [4.78, 5) is 4.72. The third-order valence-electron chi connectivity index (χ3n) is 9.84. The summed E-state index contributed by atoms with van der Waals surface area (Å²) >= 11 is 0. The summed E-state index contributed by atoms with van der Waals surface area (Å²) in [5.41, 5.74) is 4.73. The molecule has 29 heavy (non-hydrogen) atoms. The topological polar surface area (TPSA) is 38.0 Å². The van der Waals surface area contributed by atoms with Gasteiger partial charge in [-0.05, 0) is 92.1 Å². The van der Waals surface area contributed by atoms with Crippen LogP contribution in [-0.2, 0) is 0 Å². The minimum Gasteiger partial charge on any atom is -0.393 e. The molecule has 0 aliphatic heterocycles. The number of aromatic nitrogens is 2. The molecule has 3 nitrogen and oxygen atoms in total. The molecule has 4 aliphatic rings. The first-order chi connectivity index (χ1) is 14.0. The second-order valence-corrected chi connectivity index (χ2v) is 10.9. The Morgan fingerprint density at radius 3 is 2.79 bits per heavy atom. The van der Waals surface area contributed by atoms with Gasteiger partial charge in [0, 0.05) is 6.04 Å². The van der Waals surface area contributed by atoms with E-state index in [1.165, 1.54) is 44.0 Å². The zero-order valence-corrected chi connectivity index (χ0v) is 17.8. The summed E-state index contributed by atoms with van der Waals surface area (Å²) in [7, 11) is 0. The second kappa shape index (κ2) is 6.20.